The number of carbonyl (C=O) groups excluding carboxylic acids is 8. The number of carbonyl (C=O) groups is 11. The van der Waals surface area contributed by atoms with E-state index in [2.05, 4.69) is 59.4 Å². The fourth-order valence-corrected chi connectivity index (χ4v) is 12.3. The molecule has 0 aliphatic heterocycles. The third kappa shape index (κ3) is 21.7. The van der Waals surface area contributed by atoms with Crippen LogP contribution in [0.3, 0.4) is 0 Å². The zero-order valence-electron chi connectivity index (χ0n) is 51.1. The van der Waals surface area contributed by atoms with Gasteiger partial charge in [0.15, 0.2) is 18.5 Å². The van der Waals surface area contributed by atoms with Gasteiger partial charge >= 0.3 is 17.9 Å². The van der Waals surface area contributed by atoms with Crippen LogP contribution in [0.15, 0.2) is 88.8 Å². The van der Waals surface area contributed by atoms with Gasteiger partial charge in [-0.1, -0.05) is 73.7 Å². The predicted molar refractivity (Wildman–Crippen MR) is 332 cm³/mol. The molecule has 3 aromatic rings. The molecule has 2 saturated carbocycles. The Balaban J connectivity index is 1.08. The van der Waals surface area contributed by atoms with Crippen LogP contribution in [-0.4, -0.2) is 173 Å². The normalized spacial score (nSPS) is 19.6. The quantitative estimate of drug-likeness (QED) is 0.0173. The summed E-state index contributed by atoms with van der Waals surface area (Å²) >= 11 is 0. The minimum absolute atomic E-state index is 0.0132. The standard InChI is InChI=1S/C62H84N14O16/c1-62-23-22-39-38-19-17-37(28-36(38)16-18-40(39)41(62)20-21-48(62)77)92-33-51(80)71-42(14-8-24-67-60(63)64)54(85)69-31-49(78)72-45(29-52(81)82)57(88)75-44(26-34-10-4-2-5-11-34)56(87)74-43(15-9-25-68-61(65)66)55(86)70-32-50(79)73-46(30-53(83)84)58(89)76-47(59(90)91)27-35-12-6-3-7-13-35/h2-7,10-13,17,19,28,39-48,77H,8-9,14-16,18,20-27,29-33H2,1H3,(H,69,85)(H,70,86)(H,71,80)(H,72,78)(H,73,79)(H,74,87)(H,75,88)(H,76,89)(H,81,82)(H,83,84)(H,90,91)(H4,63,64,67)(H4,65,66,68)/t39-,40-,41+,42+,43+,44+,45+,46+,47+,48+,62+/m1/s1. The Labute approximate surface area is 530 Å². The molecule has 2 fully saturated rings. The van der Waals surface area contributed by atoms with E-state index >= 15 is 0 Å². The van der Waals surface area contributed by atoms with Gasteiger partial charge in [0.25, 0.3) is 5.91 Å². The van der Waals surface area contributed by atoms with Gasteiger partial charge in [-0.2, -0.15) is 0 Å². The van der Waals surface area contributed by atoms with Crippen molar-refractivity contribution in [2.75, 3.05) is 32.8 Å². The first-order valence-corrected chi connectivity index (χ1v) is 30.4. The maximum absolute atomic E-state index is 14.3. The number of carboxylic acids is 3. The number of nitrogens with one attached hydrogen (secondary N) is 8. The summed E-state index contributed by atoms with van der Waals surface area (Å²) in [6.07, 6.45) is 2.88. The molecule has 11 atom stereocenters. The zero-order valence-corrected chi connectivity index (χ0v) is 51.1. The number of guanidine groups is 2. The predicted octanol–water partition coefficient (Wildman–Crippen LogP) is -1.95. The number of aliphatic hydroxyl groups is 1. The molecule has 30 nitrogen and oxygen atoms in total. The minimum atomic E-state index is -1.87. The van der Waals surface area contributed by atoms with E-state index in [1.165, 1.54) is 5.56 Å². The molecular formula is C62H84N14O16. The molecule has 20 N–H and O–H groups in total. The SMILES string of the molecule is C[C@]12CC[C@@H]3c4ccc(OCC(=O)N[C@@H](CCCN=C(N)N)C(=O)NCC(=O)N[C@@H](CC(=O)O)C(=O)N[C@@H](Cc5ccccc5)C(=O)N[C@@H](CCCN=C(N)N)C(=O)NCC(=O)N[C@@H](CC(=O)O)C(=O)N[C@@H](Cc5ccccc5)C(=O)O)cc4CC[C@H]3[C@@H]1CC[C@@H]2O. The molecule has 8 amide bonds. The van der Waals surface area contributed by atoms with Gasteiger partial charge in [0.05, 0.1) is 32.0 Å². The van der Waals surface area contributed by atoms with Crippen molar-refractivity contribution >= 4 is 77.1 Å². The summed E-state index contributed by atoms with van der Waals surface area (Å²) in [5, 5.41) is 59.0. The molecule has 498 valence electrons. The summed E-state index contributed by atoms with van der Waals surface area (Å²) in [5.74, 6) is -11.2. The number of nitrogens with two attached hydrogens (primary N) is 4. The number of aliphatic carboxylic acids is 3. The summed E-state index contributed by atoms with van der Waals surface area (Å²) in [6, 6.07) is 12.6. The van der Waals surface area contributed by atoms with Gasteiger partial charge in [0.2, 0.25) is 41.4 Å². The average molecular weight is 1280 g/mol. The monoisotopic (exact) mass is 1280 g/mol. The van der Waals surface area contributed by atoms with Crippen LogP contribution < -0.4 is 70.2 Å². The maximum atomic E-state index is 14.3. The number of rotatable bonds is 35. The number of aryl methyl sites for hydroxylation is 1. The number of aliphatic hydroxyl groups excluding tert-OH is 1. The maximum Gasteiger partial charge on any atom is 0.326 e. The van der Waals surface area contributed by atoms with Crippen LogP contribution in [0.1, 0.15) is 106 Å². The van der Waals surface area contributed by atoms with E-state index in [4.69, 9.17) is 27.7 Å². The van der Waals surface area contributed by atoms with Crippen molar-refractivity contribution in [3.63, 3.8) is 0 Å². The highest BCUT2D eigenvalue weighted by atomic mass is 16.5. The second kappa shape index (κ2) is 34.4. The van der Waals surface area contributed by atoms with E-state index in [0.29, 0.717) is 34.6 Å². The highest BCUT2D eigenvalue weighted by molar-refractivity contribution is 5.98. The second-order valence-electron chi connectivity index (χ2n) is 23.5. The lowest BCUT2D eigenvalue weighted by Gasteiger charge is -2.50. The number of aliphatic imine (C=N–C) groups is 2. The lowest BCUT2D eigenvalue weighted by molar-refractivity contribution is -0.143. The van der Waals surface area contributed by atoms with Gasteiger partial charge in [-0.25, -0.2) is 4.79 Å². The third-order valence-corrected chi connectivity index (χ3v) is 16.9. The van der Waals surface area contributed by atoms with Gasteiger partial charge in [-0.3, -0.25) is 57.9 Å². The summed E-state index contributed by atoms with van der Waals surface area (Å²) in [4.78, 5) is 153. The fraction of sp³-hybridized carbons (Fsp3) is 0.500. The number of benzene rings is 3. The van der Waals surface area contributed by atoms with E-state index in [1.807, 2.05) is 18.2 Å². The lowest BCUT2D eigenvalue weighted by atomic mass is 9.55. The van der Waals surface area contributed by atoms with Crippen molar-refractivity contribution in [1.82, 2.24) is 42.5 Å². The zero-order chi connectivity index (χ0) is 67.1. The van der Waals surface area contributed by atoms with Crippen molar-refractivity contribution in [2.45, 2.75) is 145 Å². The average Bonchev–Trinajstić information content (AvgIpc) is 1.44. The summed E-state index contributed by atoms with van der Waals surface area (Å²) in [6.45, 7) is 0.0550. The minimum Gasteiger partial charge on any atom is -0.484 e. The van der Waals surface area contributed by atoms with Gasteiger partial charge in [0.1, 0.15) is 42.0 Å². The molecule has 0 unspecified atom stereocenters. The summed E-state index contributed by atoms with van der Waals surface area (Å²) in [7, 11) is 0. The van der Waals surface area contributed by atoms with Crippen molar-refractivity contribution in [3.05, 3.63) is 101 Å². The topological polar surface area (TPSA) is 503 Å². The molecule has 0 heterocycles. The Hall–Kier alpha value is -9.87. The second-order valence-corrected chi connectivity index (χ2v) is 23.5. The molecule has 0 aromatic heterocycles. The first-order chi connectivity index (χ1) is 43.8. The smallest absolute Gasteiger partial charge is 0.326 e. The van der Waals surface area contributed by atoms with E-state index in [9.17, 15) is 73.2 Å². The Morgan fingerprint density at radius 2 is 1.04 bits per heavy atom. The Morgan fingerprint density at radius 1 is 0.565 bits per heavy atom. The first kappa shape index (κ1) is 71.2. The van der Waals surface area contributed by atoms with Crippen LogP contribution in [0.2, 0.25) is 0 Å². The van der Waals surface area contributed by atoms with E-state index in [1.54, 1.807) is 60.7 Å². The molecule has 30 heteroatoms. The molecule has 3 aliphatic carbocycles. The van der Waals surface area contributed by atoms with Crippen LogP contribution in [-0.2, 0) is 72.0 Å². The van der Waals surface area contributed by atoms with Crippen LogP contribution in [0, 0.1) is 17.3 Å². The molecule has 6 rings (SSSR count). The summed E-state index contributed by atoms with van der Waals surface area (Å²) in [5.41, 5.74) is 25.3. The molecule has 0 bridgehead atoms. The number of hydrogen-bond donors (Lipinski definition) is 16. The van der Waals surface area contributed by atoms with Gasteiger partial charge in [0, 0.05) is 25.9 Å². The van der Waals surface area contributed by atoms with Crippen molar-refractivity contribution in [1.29, 1.82) is 0 Å². The Bertz CT molecular complexity index is 3180. The van der Waals surface area contributed by atoms with Gasteiger partial charge in [-0.15, -0.1) is 0 Å². The summed E-state index contributed by atoms with van der Waals surface area (Å²) < 4.78 is 5.92. The molecule has 92 heavy (non-hydrogen) atoms. The van der Waals surface area contributed by atoms with Crippen molar-refractivity contribution in [2.24, 2.45) is 50.2 Å². The first-order valence-electron chi connectivity index (χ1n) is 30.4. The highest BCUT2D eigenvalue weighted by Gasteiger charge is 2.54. The van der Waals surface area contributed by atoms with Crippen molar-refractivity contribution < 1.29 is 77.9 Å². The fourth-order valence-electron chi connectivity index (χ4n) is 12.3. The van der Waals surface area contributed by atoms with Crippen LogP contribution in [0.5, 0.6) is 5.75 Å². The van der Waals surface area contributed by atoms with Crippen molar-refractivity contribution in [3.8, 4) is 5.75 Å². The van der Waals surface area contributed by atoms with Gasteiger partial charge < -0.3 is 90.6 Å². The number of fused-ring (bicyclic) bond motifs is 5. The van der Waals surface area contributed by atoms with Crippen LogP contribution in [0.25, 0.3) is 0 Å². The number of amides is 8. The molecule has 3 aromatic carbocycles. The van der Waals surface area contributed by atoms with Crippen LogP contribution in [0.4, 0.5) is 0 Å². The van der Waals surface area contributed by atoms with E-state index < -0.39 is 134 Å². The number of nitrogens with zero attached hydrogens (tertiary/aromatic N) is 2. The lowest BCUT2D eigenvalue weighted by Crippen LogP contribution is -2.58. The van der Waals surface area contributed by atoms with E-state index in [0.717, 1.165) is 44.1 Å². The Morgan fingerprint density at radius 3 is 1.55 bits per heavy atom. The Kier molecular flexibility index (Phi) is 26.6. The molecule has 0 saturated heterocycles. The molecule has 3 aliphatic rings. The third-order valence-electron chi connectivity index (χ3n) is 16.9. The number of hydrogen-bond acceptors (Lipinski definition) is 15. The number of ether oxygens (including phenoxy) is 1. The number of carboxylic acid groups (broad SMARTS) is 3. The molecule has 0 radical (unpaired) electrons. The molecule has 0 spiro atoms. The van der Waals surface area contributed by atoms with Gasteiger partial charge in [-0.05, 0) is 122 Å². The van der Waals surface area contributed by atoms with Crippen LogP contribution >= 0.6 is 0 Å². The van der Waals surface area contributed by atoms with E-state index in [-0.39, 0.29) is 75.1 Å². The highest BCUT2D eigenvalue weighted by Crippen LogP contribution is 2.61. The largest absolute Gasteiger partial charge is 0.484 e. The molecular weight excluding hydrogens is 1200 g/mol.